The summed E-state index contributed by atoms with van der Waals surface area (Å²) in [5.41, 5.74) is 0.860. The number of hydrogen-bond donors (Lipinski definition) is 1. The van der Waals surface area contributed by atoms with Crippen LogP contribution < -0.4 is 5.32 Å². The molecule has 1 N–H and O–H groups in total. The van der Waals surface area contributed by atoms with Crippen LogP contribution in [-0.4, -0.2) is 25.8 Å². The predicted molar refractivity (Wildman–Crippen MR) is 79.3 cm³/mol. The lowest BCUT2D eigenvalue weighted by Crippen LogP contribution is -2.31. The Balaban J connectivity index is 1.83. The summed E-state index contributed by atoms with van der Waals surface area (Å²) >= 11 is 6.01. The Morgan fingerprint density at radius 3 is 2.80 bits per heavy atom. The zero-order valence-corrected chi connectivity index (χ0v) is 12.7. The van der Waals surface area contributed by atoms with Gasteiger partial charge in [0, 0.05) is 18.0 Å². The highest BCUT2D eigenvalue weighted by atomic mass is 35.5. The fourth-order valence-corrected chi connectivity index (χ4v) is 4.43. The minimum atomic E-state index is -2.95. The Labute approximate surface area is 124 Å². The van der Waals surface area contributed by atoms with Gasteiger partial charge < -0.3 is 5.32 Å². The number of carbonyl (C=O) groups is 1. The Morgan fingerprint density at radius 1 is 1.35 bits per heavy atom. The highest BCUT2D eigenvalue weighted by Gasteiger charge is 2.26. The van der Waals surface area contributed by atoms with E-state index in [0.29, 0.717) is 18.0 Å². The molecule has 110 valence electrons. The van der Waals surface area contributed by atoms with E-state index in [4.69, 9.17) is 11.6 Å². The Bertz CT molecular complexity index is 586. The predicted octanol–water partition coefficient (Wildman–Crippen LogP) is 2.17. The average molecular weight is 316 g/mol. The van der Waals surface area contributed by atoms with Gasteiger partial charge in [-0.3, -0.25) is 4.79 Å². The third-order valence-corrected chi connectivity index (χ3v) is 5.72. The standard InChI is InChI=1S/C14H18ClNO3S/c15-13-6-2-1-5-12(13)9-16-14(17)8-11-4-3-7-20(18,19)10-11/h1-2,5-6,11H,3-4,7-10H2,(H,16,17). The topological polar surface area (TPSA) is 63.2 Å². The molecule has 0 saturated carbocycles. The molecule has 1 aromatic carbocycles. The molecule has 1 saturated heterocycles. The second kappa shape index (κ2) is 6.59. The van der Waals surface area contributed by atoms with Crippen molar-refractivity contribution in [1.82, 2.24) is 5.32 Å². The van der Waals surface area contributed by atoms with Crippen molar-refractivity contribution in [2.24, 2.45) is 5.92 Å². The van der Waals surface area contributed by atoms with E-state index in [1.54, 1.807) is 6.07 Å². The van der Waals surface area contributed by atoms with Crippen molar-refractivity contribution in [2.75, 3.05) is 11.5 Å². The van der Waals surface area contributed by atoms with Crippen LogP contribution in [0.4, 0.5) is 0 Å². The Hall–Kier alpha value is -1.07. The van der Waals surface area contributed by atoms with Gasteiger partial charge in [0.1, 0.15) is 0 Å². The quantitative estimate of drug-likeness (QED) is 0.926. The van der Waals surface area contributed by atoms with E-state index in [1.165, 1.54) is 0 Å². The summed E-state index contributed by atoms with van der Waals surface area (Å²) in [5.74, 6) is 0.212. The van der Waals surface area contributed by atoms with Crippen molar-refractivity contribution in [3.63, 3.8) is 0 Å². The second-order valence-corrected chi connectivity index (χ2v) is 7.83. The SMILES string of the molecule is O=C(CC1CCCS(=O)(=O)C1)NCc1ccccc1Cl. The van der Waals surface area contributed by atoms with E-state index in [9.17, 15) is 13.2 Å². The number of carbonyl (C=O) groups excluding carboxylic acids is 1. The van der Waals surface area contributed by atoms with Gasteiger partial charge in [-0.2, -0.15) is 0 Å². The lowest BCUT2D eigenvalue weighted by Gasteiger charge is -2.21. The van der Waals surface area contributed by atoms with Gasteiger partial charge in [0.25, 0.3) is 0 Å². The van der Waals surface area contributed by atoms with E-state index in [1.807, 2.05) is 18.2 Å². The first-order valence-electron chi connectivity index (χ1n) is 6.67. The molecule has 0 spiro atoms. The van der Waals surface area contributed by atoms with Crippen molar-refractivity contribution in [2.45, 2.75) is 25.8 Å². The van der Waals surface area contributed by atoms with Crippen LogP contribution in [0.25, 0.3) is 0 Å². The molecule has 0 aliphatic carbocycles. The Kier molecular flexibility index (Phi) is 5.05. The Morgan fingerprint density at radius 2 is 2.10 bits per heavy atom. The third kappa shape index (κ3) is 4.49. The molecule has 1 heterocycles. The number of sulfone groups is 1. The zero-order valence-electron chi connectivity index (χ0n) is 11.1. The normalized spacial score (nSPS) is 21.4. The summed E-state index contributed by atoms with van der Waals surface area (Å²) < 4.78 is 23.0. The van der Waals surface area contributed by atoms with E-state index in [0.717, 1.165) is 12.0 Å². The molecule has 0 radical (unpaired) electrons. The summed E-state index contributed by atoms with van der Waals surface area (Å²) in [6, 6.07) is 7.33. The first-order chi connectivity index (χ1) is 9.46. The molecule has 1 aliphatic heterocycles. The number of rotatable bonds is 4. The highest BCUT2D eigenvalue weighted by Crippen LogP contribution is 2.21. The van der Waals surface area contributed by atoms with Crippen molar-refractivity contribution in [3.8, 4) is 0 Å². The largest absolute Gasteiger partial charge is 0.352 e. The number of amides is 1. The van der Waals surface area contributed by atoms with Gasteiger partial charge in [-0.1, -0.05) is 29.8 Å². The molecule has 0 bridgehead atoms. The van der Waals surface area contributed by atoms with E-state index < -0.39 is 9.84 Å². The van der Waals surface area contributed by atoms with Gasteiger partial charge in [0.05, 0.1) is 11.5 Å². The molecule has 4 nitrogen and oxygen atoms in total. The van der Waals surface area contributed by atoms with Crippen LogP contribution in [0.3, 0.4) is 0 Å². The van der Waals surface area contributed by atoms with E-state index in [-0.39, 0.29) is 29.8 Å². The first kappa shape index (κ1) is 15.3. The van der Waals surface area contributed by atoms with Crippen LogP contribution in [0.1, 0.15) is 24.8 Å². The van der Waals surface area contributed by atoms with Crippen LogP contribution in [0.15, 0.2) is 24.3 Å². The van der Waals surface area contributed by atoms with Crippen LogP contribution in [0.2, 0.25) is 5.02 Å². The summed E-state index contributed by atoms with van der Waals surface area (Å²) in [7, 11) is -2.95. The molecule has 1 aliphatic rings. The lowest BCUT2D eigenvalue weighted by molar-refractivity contribution is -0.122. The summed E-state index contributed by atoms with van der Waals surface area (Å²) in [6.45, 7) is 0.373. The fourth-order valence-electron chi connectivity index (χ4n) is 2.45. The van der Waals surface area contributed by atoms with Gasteiger partial charge in [-0.05, 0) is 30.4 Å². The number of nitrogens with one attached hydrogen (secondary N) is 1. The summed E-state index contributed by atoms with van der Waals surface area (Å²) in [6.07, 6.45) is 1.73. The second-order valence-electron chi connectivity index (χ2n) is 5.19. The maximum absolute atomic E-state index is 11.9. The maximum atomic E-state index is 11.9. The number of benzene rings is 1. The van der Waals surface area contributed by atoms with Gasteiger partial charge in [0.2, 0.25) is 5.91 Å². The van der Waals surface area contributed by atoms with Crippen molar-refractivity contribution in [3.05, 3.63) is 34.9 Å². The minimum absolute atomic E-state index is 0.0556. The van der Waals surface area contributed by atoms with Crippen LogP contribution in [-0.2, 0) is 21.2 Å². The van der Waals surface area contributed by atoms with E-state index in [2.05, 4.69) is 5.32 Å². The number of hydrogen-bond acceptors (Lipinski definition) is 3. The first-order valence-corrected chi connectivity index (χ1v) is 8.87. The smallest absolute Gasteiger partial charge is 0.220 e. The zero-order chi connectivity index (χ0) is 14.6. The molecular formula is C14H18ClNO3S. The molecule has 1 aromatic rings. The van der Waals surface area contributed by atoms with Crippen LogP contribution in [0.5, 0.6) is 0 Å². The highest BCUT2D eigenvalue weighted by molar-refractivity contribution is 7.91. The minimum Gasteiger partial charge on any atom is -0.352 e. The van der Waals surface area contributed by atoms with Crippen molar-refractivity contribution < 1.29 is 13.2 Å². The molecule has 1 amide bonds. The van der Waals surface area contributed by atoms with Gasteiger partial charge in [0.15, 0.2) is 9.84 Å². The third-order valence-electron chi connectivity index (χ3n) is 3.47. The van der Waals surface area contributed by atoms with Crippen molar-refractivity contribution in [1.29, 1.82) is 0 Å². The fraction of sp³-hybridized carbons (Fsp3) is 0.500. The van der Waals surface area contributed by atoms with Crippen LogP contribution in [0, 0.1) is 5.92 Å². The van der Waals surface area contributed by atoms with Gasteiger partial charge in [-0.15, -0.1) is 0 Å². The molecule has 6 heteroatoms. The molecule has 0 aromatic heterocycles. The average Bonchev–Trinajstić information content (AvgIpc) is 2.36. The molecule has 1 unspecified atom stereocenters. The molecular weight excluding hydrogens is 298 g/mol. The number of halogens is 1. The molecule has 20 heavy (non-hydrogen) atoms. The molecule has 1 atom stereocenters. The summed E-state index contributed by atoms with van der Waals surface area (Å²) in [4.78, 5) is 11.9. The van der Waals surface area contributed by atoms with Crippen LogP contribution >= 0.6 is 11.6 Å². The van der Waals surface area contributed by atoms with E-state index >= 15 is 0 Å². The lowest BCUT2D eigenvalue weighted by atomic mass is 10.0. The monoisotopic (exact) mass is 315 g/mol. The van der Waals surface area contributed by atoms with Gasteiger partial charge >= 0.3 is 0 Å². The summed E-state index contributed by atoms with van der Waals surface area (Å²) in [5, 5.41) is 3.41. The molecule has 1 fully saturated rings. The van der Waals surface area contributed by atoms with Crippen molar-refractivity contribution >= 4 is 27.3 Å². The molecule has 2 rings (SSSR count). The van der Waals surface area contributed by atoms with Gasteiger partial charge in [-0.25, -0.2) is 8.42 Å². The maximum Gasteiger partial charge on any atom is 0.220 e.